The molecule has 5 heteroatoms. The van der Waals surface area contributed by atoms with E-state index in [0.29, 0.717) is 17.9 Å². The van der Waals surface area contributed by atoms with Crippen LogP contribution < -0.4 is 10.1 Å². The minimum Gasteiger partial charge on any atom is -0.486 e. The highest BCUT2D eigenvalue weighted by Gasteiger charge is 2.23. The van der Waals surface area contributed by atoms with Gasteiger partial charge in [-0.2, -0.15) is 0 Å². The Hall–Kier alpha value is -3.18. The lowest BCUT2D eigenvalue weighted by Crippen LogP contribution is -2.39. The number of ether oxygens (including phenoxy) is 1. The maximum atomic E-state index is 12.9. The molecule has 0 atom stereocenters. The Labute approximate surface area is 179 Å². The van der Waals surface area contributed by atoms with Crippen molar-refractivity contribution >= 4 is 28.0 Å². The van der Waals surface area contributed by atoms with Gasteiger partial charge in [-0.3, -0.25) is 4.79 Å². The Kier molecular flexibility index (Phi) is 5.20. The zero-order valence-corrected chi connectivity index (χ0v) is 17.3. The smallest absolute Gasteiger partial charge is 0.255 e. The van der Waals surface area contributed by atoms with Gasteiger partial charge in [0.15, 0.2) is 0 Å². The molecule has 1 amide bonds. The van der Waals surface area contributed by atoms with E-state index in [2.05, 4.69) is 17.4 Å². The van der Waals surface area contributed by atoms with Gasteiger partial charge in [-0.1, -0.05) is 60.7 Å². The van der Waals surface area contributed by atoms with Gasteiger partial charge in [0.2, 0.25) is 0 Å². The first-order valence-electron chi connectivity index (χ1n) is 10.2. The van der Waals surface area contributed by atoms with Gasteiger partial charge in [0.05, 0.1) is 11.3 Å². The number of aromatic nitrogens is 1. The molecule has 0 spiro atoms. The fraction of sp³-hybridized carbons (Fsp3) is 0.200. The van der Waals surface area contributed by atoms with Crippen LogP contribution in [0.1, 0.15) is 35.3 Å². The van der Waals surface area contributed by atoms with Crippen LogP contribution in [0.4, 0.5) is 0 Å². The van der Waals surface area contributed by atoms with Crippen LogP contribution in [0.2, 0.25) is 0 Å². The van der Waals surface area contributed by atoms with Crippen molar-refractivity contribution in [2.45, 2.75) is 31.9 Å². The van der Waals surface area contributed by atoms with Crippen molar-refractivity contribution in [2.24, 2.45) is 0 Å². The van der Waals surface area contributed by atoms with Gasteiger partial charge in [0.1, 0.15) is 17.4 Å². The summed E-state index contributed by atoms with van der Waals surface area (Å²) >= 11 is 1.60. The molecule has 5 rings (SSSR count). The number of thiazole rings is 1. The first-order valence-corrected chi connectivity index (χ1v) is 11.1. The molecule has 1 heterocycles. The largest absolute Gasteiger partial charge is 0.486 e. The van der Waals surface area contributed by atoms with Gasteiger partial charge in [-0.05, 0) is 30.7 Å². The summed E-state index contributed by atoms with van der Waals surface area (Å²) in [7, 11) is 0. The van der Waals surface area contributed by atoms with E-state index in [1.165, 1.54) is 6.42 Å². The third-order valence-corrected chi connectivity index (χ3v) is 6.44. The molecule has 0 radical (unpaired) electrons. The molecule has 0 bridgehead atoms. The Bertz CT molecular complexity index is 1180. The molecule has 1 aromatic heterocycles. The van der Waals surface area contributed by atoms with Crippen LogP contribution in [0.25, 0.3) is 21.3 Å². The molecule has 150 valence electrons. The minimum absolute atomic E-state index is 0.0660. The molecule has 0 saturated heterocycles. The summed E-state index contributed by atoms with van der Waals surface area (Å²) in [4.78, 5) is 17.6. The summed E-state index contributed by atoms with van der Waals surface area (Å²) in [5.74, 6) is 0.558. The average Bonchev–Trinajstić information content (AvgIpc) is 3.24. The van der Waals surface area contributed by atoms with Crippen molar-refractivity contribution < 1.29 is 9.53 Å². The van der Waals surface area contributed by atoms with E-state index in [1.807, 2.05) is 60.0 Å². The molecule has 3 aromatic carbocycles. The van der Waals surface area contributed by atoms with Crippen LogP contribution in [-0.4, -0.2) is 16.9 Å². The minimum atomic E-state index is -0.0660. The van der Waals surface area contributed by atoms with Crippen molar-refractivity contribution in [1.82, 2.24) is 10.3 Å². The number of carbonyl (C=O) groups excluding carboxylic acids is 1. The van der Waals surface area contributed by atoms with Gasteiger partial charge in [-0.25, -0.2) is 4.98 Å². The summed E-state index contributed by atoms with van der Waals surface area (Å²) in [6.45, 7) is 0.320. The van der Waals surface area contributed by atoms with E-state index in [1.54, 1.807) is 11.3 Å². The van der Waals surface area contributed by atoms with Crippen molar-refractivity contribution in [1.29, 1.82) is 0 Å². The van der Waals surface area contributed by atoms with E-state index < -0.39 is 0 Å². The number of hydrogen-bond donors (Lipinski definition) is 1. The molecule has 30 heavy (non-hydrogen) atoms. The summed E-state index contributed by atoms with van der Waals surface area (Å²) in [5, 5.41) is 8.11. The van der Waals surface area contributed by atoms with Gasteiger partial charge >= 0.3 is 0 Å². The van der Waals surface area contributed by atoms with Crippen LogP contribution in [-0.2, 0) is 6.61 Å². The Morgan fingerprint density at radius 2 is 1.83 bits per heavy atom. The molecule has 1 N–H and O–H groups in total. The molecule has 0 unspecified atom stereocenters. The lowest BCUT2D eigenvalue weighted by molar-refractivity contribution is 0.0912. The molecular weight excluding hydrogens is 392 g/mol. The Morgan fingerprint density at radius 1 is 1.03 bits per heavy atom. The quantitative estimate of drug-likeness (QED) is 0.432. The van der Waals surface area contributed by atoms with E-state index in [0.717, 1.165) is 39.9 Å². The number of hydrogen-bond acceptors (Lipinski definition) is 4. The average molecular weight is 415 g/mol. The van der Waals surface area contributed by atoms with E-state index >= 15 is 0 Å². The SMILES string of the molecule is O=C(NC1CCC1)c1ccc2ccccc2c1OCc1csc(-c2ccccc2)n1. The number of nitrogens with one attached hydrogen (secondary N) is 1. The fourth-order valence-corrected chi connectivity index (χ4v) is 4.44. The van der Waals surface area contributed by atoms with E-state index in [9.17, 15) is 4.79 Å². The standard InChI is InChI=1S/C25H22N2O2S/c28-24(26-19-10-6-11-19)22-14-13-17-7-4-5-12-21(17)23(22)29-15-20-16-30-25(27-20)18-8-2-1-3-9-18/h1-5,7-9,12-14,16,19H,6,10-11,15H2,(H,26,28). The zero-order valence-electron chi connectivity index (χ0n) is 16.5. The van der Waals surface area contributed by atoms with Gasteiger partial charge < -0.3 is 10.1 Å². The normalized spacial score (nSPS) is 13.7. The molecule has 1 aliphatic carbocycles. The van der Waals surface area contributed by atoms with Crippen LogP contribution in [0, 0.1) is 0 Å². The topological polar surface area (TPSA) is 51.2 Å². The van der Waals surface area contributed by atoms with Gasteiger partial charge in [0, 0.05) is 22.4 Å². The highest BCUT2D eigenvalue weighted by Crippen LogP contribution is 2.32. The number of nitrogens with zero attached hydrogens (tertiary/aromatic N) is 1. The first kappa shape index (κ1) is 18.8. The molecule has 4 aromatic rings. The van der Waals surface area contributed by atoms with Crippen LogP contribution in [0.15, 0.2) is 72.1 Å². The van der Waals surface area contributed by atoms with Crippen LogP contribution in [0.5, 0.6) is 5.75 Å². The van der Waals surface area contributed by atoms with E-state index in [4.69, 9.17) is 9.72 Å². The third kappa shape index (κ3) is 3.81. The highest BCUT2D eigenvalue weighted by atomic mass is 32.1. The molecule has 4 nitrogen and oxygen atoms in total. The van der Waals surface area contributed by atoms with Gasteiger partial charge in [0.25, 0.3) is 5.91 Å². The molecule has 1 aliphatic rings. The molecule has 1 saturated carbocycles. The highest BCUT2D eigenvalue weighted by molar-refractivity contribution is 7.13. The lowest BCUT2D eigenvalue weighted by atomic mass is 9.92. The second-order valence-corrected chi connectivity index (χ2v) is 8.42. The summed E-state index contributed by atoms with van der Waals surface area (Å²) in [6.07, 6.45) is 3.28. The lowest BCUT2D eigenvalue weighted by Gasteiger charge is -2.26. The van der Waals surface area contributed by atoms with Gasteiger partial charge in [-0.15, -0.1) is 11.3 Å². The second kappa shape index (κ2) is 8.28. The number of rotatable bonds is 6. The fourth-order valence-electron chi connectivity index (χ4n) is 3.63. The molecule has 0 aliphatic heterocycles. The van der Waals surface area contributed by atoms with E-state index in [-0.39, 0.29) is 11.9 Å². The Balaban J connectivity index is 1.42. The number of benzene rings is 3. The predicted molar refractivity (Wildman–Crippen MR) is 121 cm³/mol. The second-order valence-electron chi connectivity index (χ2n) is 7.56. The van der Waals surface area contributed by atoms with Crippen molar-refractivity contribution in [3.63, 3.8) is 0 Å². The number of fused-ring (bicyclic) bond motifs is 1. The Morgan fingerprint density at radius 3 is 2.63 bits per heavy atom. The molecular formula is C25H22N2O2S. The summed E-state index contributed by atoms with van der Waals surface area (Å²) < 4.78 is 6.22. The van der Waals surface area contributed by atoms with Crippen molar-refractivity contribution in [3.05, 3.63) is 83.4 Å². The summed E-state index contributed by atoms with van der Waals surface area (Å²) in [6, 6.07) is 22.2. The molecule has 1 fully saturated rings. The van der Waals surface area contributed by atoms with Crippen molar-refractivity contribution in [3.8, 4) is 16.3 Å². The third-order valence-electron chi connectivity index (χ3n) is 5.50. The first-order chi connectivity index (χ1) is 14.8. The predicted octanol–water partition coefficient (Wildman–Crippen LogP) is 5.82. The monoisotopic (exact) mass is 414 g/mol. The maximum absolute atomic E-state index is 12.9. The summed E-state index contributed by atoms with van der Waals surface area (Å²) in [5.41, 5.74) is 2.54. The number of carbonyl (C=O) groups is 1. The van der Waals surface area contributed by atoms with Crippen molar-refractivity contribution in [2.75, 3.05) is 0 Å². The van der Waals surface area contributed by atoms with Crippen LogP contribution in [0.3, 0.4) is 0 Å². The maximum Gasteiger partial charge on any atom is 0.255 e. The number of amides is 1. The van der Waals surface area contributed by atoms with Crippen LogP contribution >= 0.6 is 11.3 Å². The zero-order chi connectivity index (χ0) is 20.3.